The molecule has 2 atom stereocenters. The lowest BCUT2D eigenvalue weighted by molar-refractivity contribution is 0.337. The highest BCUT2D eigenvalue weighted by Gasteiger charge is 2.36. The highest BCUT2D eigenvalue weighted by atomic mass is 16.5. The Morgan fingerprint density at radius 3 is 1.70 bits per heavy atom. The molecule has 6 heteroatoms. The van der Waals surface area contributed by atoms with Gasteiger partial charge in [0.25, 0.3) is 0 Å². The zero-order valence-corrected chi connectivity index (χ0v) is 18.9. The Hall–Kier alpha value is -3.02. The normalized spacial score (nSPS) is 17.5. The molecule has 0 aromatic heterocycles. The number of hydrogen-bond acceptors (Lipinski definition) is 6. The second-order valence-corrected chi connectivity index (χ2v) is 7.25. The van der Waals surface area contributed by atoms with Crippen LogP contribution in [0.3, 0.4) is 0 Å². The summed E-state index contributed by atoms with van der Waals surface area (Å²) in [6.45, 7) is 4.32. The summed E-state index contributed by atoms with van der Waals surface area (Å²) in [5.41, 5.74) is 4.18. The Balaban J connectivity index is 2.40. The third kappa shape index (κ3) is 3.40. The fourth-order valence-electron chi connectivity index (χ4n) is 4.23. The Bertz CT molecular complexity index is 963. The van der Waals surface area contributed by atoms with Crippen LogP contribution in [0.4, 0.5) is 0 Å². The van der Waals surface area contributed by atoms with Crippen LogP contribution in [0, 0.1) is 5.92 Å². The molecule has 30 heavy (non-hydrogen) atoms. The molecule has 162 valence electrons. The van der Waals surface area contributed by atoms with E-state index >= 15 is 0 Å². The molecule has 0 unspecified atom stereocenters. The van der Waals surface area contributed by atoms with E-state index in [1.165, 1.54) is 5.57 Å². The van der Waals surface area contributed by atoms with Crippen molar-refractivity contribution in [3.63, 3.8) is 0 Å². The summed E-state index contributed by atoms with van der Waals surface area (Å²) in [6.07, 6.45) is 2.16. The Morgan fingerprint density at radius 2 is 1.17 bits per heavy atom. The average Bonchev–Trinajstić information content (AvgIpc) is 2.78. The number of allylic oxidation sites excluding steroid dienone is 1. The first kappa shape index (κ1) is 21.7. The number of rotatable bonds is 7. The van der Waals surface area contributed by atoms with Crippen LogP contribution < -0.4 is 28.4 Å². The Labute approximate surface area is 178 Å². The van der Waals surface area contributed by atoms with Gasteiger partial charge in [-0.25, -0.2) is 0 Å². The molecule has 3 rings (SSSR count). The maximum Gasteiger partial charge on any atom is 0.165 e. The molecule has 2 aromatic carbocycles. The summed E-state index contributed by atoms with van der Waals surface area (Å²) < 4.78 is 34.0. The Kier molecular flexibility index (Phi) is 6.34. The zero-order valence-electron chi connectivity index (χ0n) is 18.9. The van der Waals surface area contributed by atoms with E-state index in [4.69, 9.17) is 28.4 Å². The molecule has 1 aliphatic carbocycles. The topological polar surface area (TPSA) is 55.4 Å². The average molecular weight is 414 g/mol. The molecule has 0 amide bonds. The monoisotopic (exact) mass is 414 g/mol. The van der Waals surface area contributed by atoms with E-state index in [0.717, 1.165) is 22.4 Å². The summed E-state index contributed by atoms with van der Waals surface area (Å²) in [4.78, 5) is 0. The first-order chi connectivity index (χ1) is 14.4. The summed E-state index contributed by atoms with van der Waals surface area (Å²) in [7, 11) is 9.84. The molecular weight excluding hydrogens is 384 g/mol. The number of hydrogen-bond donors (Lipinski definition) is 0. The van der Waals surface area contributed by atoms with Gasteiger partial charge in [0.2, 0.25) is 0 Å². The van der Waals surface area contributed by atoms with Crippen molar-refractivity contribution >= 4 is 6.08 Å². The molecule has 0 spiro atoms. The highest BCUT2D eigenvalue weighted by molar-refractivity contribution is 5.75. The van der Waals surface area contributed by atoms with Crippen LogP contribution in [0.2, 0.25) is 0 Å². The smallest absolute Gasteiger partial charge is 0.165 e. The van der Waals surface area contributed by atoms with Gasteiger partial charge in [0.15, 0.2) is 23.0 Å². The molecule has 0 heterocycles. The van der Waals surface area contributed by atoms with E-state index in [9.17, 15) is 0 Å². The summed E-state index contributed by atoms with van der Waals surface area (Å²) in [5, 5.41) is 0. The van der Waals surface area contributed by atoms with Gasteiger partial charge >= 0.3 is 0 Å². The minimum Gasteiger partial charge on any atom is -0.496 e. The van der Waals surface area contributed by atoms with Crippen LogP contribution in [0.25, 0.3) is 6.08 Å². The van der Waals surface area contributed by atoms with Gasteiger partial charge in [-0.05, 0) is 18.9 Å². The molecule has 0 N–H and O–H groups in total. The first-order valence-electron chi connectivity index (χ1n) is 9.76. The molecule has 0 fully saturated rings. The number of methoxy groups -OCH3 is 6. The van der Waals surface area contributed by atoms with Crippen molar-refractivity contribution in [2.24, 2.45) is 5.92 Å². The molecule has 2 aromatic rings. The van der Waals surface area contributed by atoms with Gasteiger partial charge in [0, 0.05) is 34.7 Å². The van der Waals surface area contributed by atoms with Gasteiger partial charge < -0.3 is 28.4 Å². The zero-order chi connectivity index (χ0) is 22.0. The minimum absolute atomic E-state index is 0.0706. The number of ether oxygens (including phenoxy) is 6. The maximum atomic E-state index is 5.84. The fourth-order valence-corrected chi connectivity index (χ4v) is 4.23. The van der Waals surface area contributed by atoms with Crippen molar-refractivity contribution in [1.82, 2.24) is 0 Å². The van der Waals surface area contributed by atoms with Crippen LogP contribution >= 0.6 is 0 Å². The van der Waals surface area contributed by atoms with Crippen molar-refractivity contribution in [3.8, 4) is 34.5 Å². The number of fused-ring (bicyclic) bond motifs is 1. The van der Waals surface area contributed by atoms with Gasteiger partial charge in [0.1, 0.15) is 11.5 Å². The SMILES string of the molecule is COc1cc(OC)c([C@H]2c3c(c(OC)cc(OC)c3OC)C=C(C)[C@H]2C)cc1OC. The fraction of sp³-hybridized carbons (Fsp3) is 0.417. The van der Waals surface area contributed by atoms with Gasteiger partial charge in [-0.15, -0.1) is 0 Å². The van der Waals surface area contributed by atoms with Crippen molar-refractivity contribution in [2.75, 3.05) is 42.7 Å². The third-order valence-corrected chi connectivity index (χ3v) is 5.90. The van der Waals surface area contributed by atoms with E-state index in [1.807, 2.05) is 18.2 Å². The van der Waals surface area contributed by atoms with Gasteiger partial charge in [-0.2, -0.15) is 0 Å². The second-order valence-electron chi connectivity index (χ2n) is 7.25. The highest BCUT2D eigenvalue weighted by Crippen LogP contribution is 2.54. The first-order valence-corrected chi connectivity index (χ1v) is 9.76. The second kappa shape index (κ2) is 8.78. The quantitative estimate of drug-likeness (QED) is 0.641. The molecule has 0 bridgehead atoms. The lowest BCUT2D eigenvalue weighted by Crippen LogP contribution is -2.20. The molecule has 0 saturated carbocycles. The van der Waals surface area contributed by atoms with Crippen molar-refractivity contribution < 1.29 is 28.4 Å². The summed E-state index contributed by atoms with van der Waals surface area (Å²) in [6, 6.07) is 5.70. The molecule has 0 saturated heterocycles. The lowest BCUT2D eigenvalue weighted by Gasteiger charge is -2.34. The molecular formula is C24H30O6. The third-order valence-electron chi connectivity index (χ3n) is 5.90. The van der Waals surface area contributed by atoms with E-state index in [0.29, 0.717) is 28.7 Å². The summed E-state index contributed by atoms with van der Waals surface area (Å²) >= 11 is 0. The molecule has 1 aliphatic rings. The largest absolute Gasteiger partial charge is 0.496 e. The van der Waals surface area contributed by atoms with Crippen molar-refractivity contribution in [3.05, 3.63) is 40.5 Å². The predicted octanol–water partition coefficient (Wildman–Crippen LogP) is 4.92. The predicted molar refractivity (Wildman–Crippen MR) is 117 cm³/mol. The van der Waals surface area contributed by atoms with Crippen molar-refractivity contribution in [2.45, 2.75) is 19.8 Å². The number of benzene rings is 2. The van der Waals surface area contributed by atoms with Gasteiger partial charge in [-0.1, -0.05) is 18.6 Å². The van der Waals surface area contributed by atoms with E-state index in [-0.39, 0.29) is 11.8 Å². The van der Waals surface area contributed by atoms with Crippen LogP contribution in [-0.2, 0) is 0 Å². The van der Waals surface area contributed by atoms with Crippen LogP contribution in [-0.4, -0.2) is 42.7 Å². The maximum absolute atomic E-state index is 5.84. The minimum atomic E-state index is -0.0706. The van der Waals surface area contributed by atoms with Crippen molar-refractivity contribution in [1.29, 1.82) is 0 Å². The van der Waals surface area contributed by atoms with Crippen LogP contribution in [0.5, 0.6) is 34.5 Å². The van der Waals surface area contributed by atoms with E-state index in [1.54, 1.807) is 42.7 Å². The Morgan fingerprint density at radius 1 is 0.633 bits per heavy atom. The van der Waals surface area contributed by atoms with Crippen LogP contribution in [0.15, 0.2) is 23.8 Å². The van der Waals surface area contributed by atoms with Gasteiger partial charge in [-0.3, -0.25) is 0 Å². The van der Waals surface area contributed by atoms with Crippen LogP contribution in [0.1, 0.15) is 36.5 Å². The molecule has 0 radical (unpaired) electrons. The van der Waals surface area contributed by atoms with E-state index in [2.05, 4.69) is 19.9 Å². The van der Waals surface area contributed by atoms with Gasteiger partial charge in [0.05, 0.1) is 42.7 Å². The lowest BCUT2D eigenvalue weighted by atomic mass is 9.71. The van der Waals surface area contributed by atoms with E-state index < -0.39 is 0 Å². The molecule has 6 nitrogen and oxygen atoms in total. The standard InChI is InChI=1S/C24H30O6/c1-13-9-15-18(26-4)12-21(29-7)24(30-8)23(15)22(14(13)2)16-10-19(27-5)20(28-6)11-17(16)25-3/h9-12,14,22H,1-8H3/t14-,22+/m1/s1. The molecule has 0 aliphatic heterocycles. The summed E-state index contributed by atoms with van der Waals surface area (Å²) in [5.74, 6) is 4.12.